The molecule has 0 saturated heterocycles. The van der Waals surface area contributed by atoms with Crippen molar-refractivity contribution in [2.45, 2.75) is 0 Å². The number of halogens is 1. The summed E-state index contributed by atoms with van der Waals surface area (Å²) in [7, 11) is -3.94. The lowest BCUT2D eigenvalue weighted by Crippen LogP contribution is -2.16. The largest absolute Gasteiger partial charge is 0.438 e. The summed E-state index contributed by atoms with van der Waals surface area (Å²) in [6.07, 6.45) is 3.23. The van der Waals surface area contributed by atoms with E-state index in [4.69, 9.17) is 9.88 Å². The topological polar surface area (TPSA) is 99.6 Å². The third-order valence-electron chi connectivity index (χ3n) is 2.48. The number of nitrogens with zero attached hydrogens (tertiary/aromatic N) is 3. The second-order valence-corrected chi connectivity index (χ2v) is 5.46. The van der Waals surface area contributed by atoms with Crippen molar-refractivity contribution in [3.05, 3.63) is 60.5 Å². The molecule has 2 aromatic heterocycles. The van der Waals surface area contributed by atoms with E-state index in [0.29, 0.717) is 5.65 Å². The predicted molar refractivity (Wildman–Crippen MR) is 81.4 cm³/mol. The third kappa shape index (κ3) is 3.69. The van der Waals surface area contributed by atoms with Crippen LogP contribution in [0.3, 0.4) is 0 Å². The van der Waals surface area contributed by atoms with Crippen LogP contribution in [0.4, 0.5) is 0 Å². The Labute approximate surface area is 127 Å². The van der Waals surface area contributed by atoms with Crippen LogP contribution in [0, 0.1) is 0 Å². The van der Waals surface area contributed by atoms with Gasteiger partial charge >= 0.3 is 0 Å². The van der Waals surface area contributed by atoms with Crippen LogP contribution >= 0.6 is 12.4 Å². The Balaban J connectivity index is 0.00000220. The molecule has 0 aliphatic rings. The minimum absolute atomic E-state index is 0. The molecule has 112 valence electrons. The van der Waals surface area contributed by atoms with Gasteiger partial charge in [0.05, 0.1) is 4.91 Å². The van der Waals surface area contributed by atoms with E-state index in [2.05, 4.69) is 29.8 Å². The first-order valence-electron chi connectivity index (χ1n) is 5.37. The van der Waals surface area contributed by atoms with Gasteiger partial charge in [0, 0.05) is 24.0 Å². The number of ether oxygens (including phenoxy) is 1. The van der Waals surface area contributed by atoms with E-state index in [1.165, 1.54) is 4.52 Å². The van der Waals surface area contributed by atoms with Crippen molar-refractivity contribution in [3.8, 4) is 5.88 Å². The van der Waals surface area contributed by atoms with Gasteiger partial charge < -0.3 is 4.74 Å². The van der Waals surface area contributed by atoms with E-state index in [9.17, 15) is 8.42 Å². The van der Waals surface area contributed by atoms with Gasteiger partial charge in [-0.25, -0.2) is 23.1 Å². The van der Waals surface area contributed by atoms with Gasteiger partial charge in [-0.3, -0.25) is 0 Å². The number of rotatable bonds is 5. The zero-order valence-electron chi connectivity index (χ0n) is 10.9. The zero-order valence-corrected chi connectivity index (χ0v) is 12.5. The molecular formula is C12H13ClN4O3S. The number of primary sulfonamides is 1. The molecule has 0 unspecified atom stereocenters. The molecule has 0 fully saturated rings. The average molecular weight is 329 g/mol. The summed E-state index contributed by atoms with van der Waals surface area (Å²) in [5.41, 5.74) is 0.635. The van der Waals surface area contributed by atoms with Crippen LogP contribution in [-0.4, -0.2) is 23.0 Å². The zero-order chi connectivity index (χ0) is 14.9. The maximum absolute atomic E-state index is 11.2. The molecule has 0 atom stereocenters. The summed E-state index contributed by atoms with van der Waals surface area (Å²) in [5, 5.41) is 9.06. The lowest BCUT2D eigenvalue weighted by Gasteiger charge is -2.11. The predicted octanol–water partition coefficient (Wildman–Crippen LogP) is 1.40. The van der Waals surface area contributed by atoms with Crippen LogP contribution in [0.2, 0.25) is 0 Å². The molecular weight excluding hydrogens is 316 g/mol. The summed E-state index contributed by atoms with van der Waals surface area (Å²) in [5.74, 6) is 0.208. The Morgan fingerprint density at radius 2 is 1.95 bits per heavy atom. The van der Waals surface area contributed by atoms with E-state index in [1.807, 2.05) is 0 Å². The first kappa shape index (κ1) is 16.9. The van der Waals surface area contributed by atoms with Crippen LogP contribution < -0.4 is 9.88 Å². The van der Waals surface area contributed by atoms with Gasteiger partial charge in [0.1, 0.15) is 5.76 Å². The van der Waals surface area contributed by atoms with Crippen molar-refractivity contribution in [2.75, 3.05) is 0 Å². The van der Waals surface area contributed by atoms with E-state index >= 15 is 0 Å². The minimum Gasteiger partial charge on any atom is -0.438 e. The highest BCUT2D eigenvalue weighted by Crippen LogP contribution is 2.21. The number of allylic oxidation sites excluding steroid dienone is 1. The van der Waals surface area contributed by atoms with Gasteiger partial charge in [0.15, 0.2) is 5.65 Å². The summed E-state index contributed by atoms with van der Waals surface area (Å²) >= 11 is 0. The van der Waals surface area contributed by atoms with Crippen molar-refractivity contribution >= 4 is 28.1 Å². The first-order valence-corrected chi connectivity index (χ1v) is 6.92. The Morgan fingerprint density at radius 1 is 1.29 bits per heavy atom. The van der Waals surface area contributed by atoms with Gasteiger partial charge in [-0.2, -0.15) is 0 Å². The molecule has 0 saturated carbocycles. The summed E-state index contributed by atoms with van der Waals surface area (Å²) in [4.78, 5) is 3.67. The molecule has 9 heteroatoms. The molecule has 2 rings (SSSR count). The molecule has 21 heavy (non-hydrogen) atoms. The molecule has 0 spiro atoms. The van der Waals surface area contributed by atoms with Crippen LogP contribution in [-0.2, 0) is 10.0 Å². The normalized spacial score (nSPS) is 10.7. The molecule has 7 nitrogen and oxygen atoms in total. The monoisotopic (exact) mass is 328 g/mol. The molecule has 2 aromatic rings. The number of hydrogen-bond donors (Lipinski definition) is 1. The van der Waals surface area contributed by atoms with Crippen molar-refractivity contribution in [1.82, 2.24) is 14.6 Å². The smallest absolute Gasteiger partial charge is 0.238 e. The highest BCUT2D eigenvalue weighted by atomic mass is 35.5. The lowest BCUT2D eigenvalue weighted by molar-refractivity contribution is 0.415. The quantitative estimate of drug-likeness (QED) is 0.660. The maximum Gasteiger partial charge on any atom is 0.238 e. The molecule has 0 aliphatic heterocycles. The highest BCUT2D eigenvalue weighted by Gasteiger charge is 2.17. The molecule has 0 aromatic carbocycles. The molecule has 0 radical (unpaired) electrons. The lowest BCUT2D eigenvalue weighted by atomic mass is 10.2. The molecule has 0 bridgehead atoms. The maximum atomic E-state index is 11.2. The van der Waals surface area contributed by atoms with Crippen LogP contribution in [0.15, 0.2) is 60.5 Å². The Morgan fingerprint density at radius 3 is 2.57 bits per heavy atom. The van der Waals surface area contributed by atoms with Gasteiger partial charge in [-0.15, -0.1) is 17.5 Å². The number of imidazole rings is 1. The van der Waals surface area contributed by atoms with Crippen LogP contribution in [0.25, 0.3) is 5.65 Å². The van der Waals surface area contributed by atoms with E-state index in [1.54, 1.807) is 24.5 Å². The standard InChI is InChI=1S/C12H12N4O3S.ClH/c1-8(10(3)20(13,17)18)9(2)19-12-5-4-11-14-6-7-16(11)15-12;/h4-7H,1-3H2,(H2,13,17,18);1H. The summed E-state index contributed by atoms with van der Waals surface area (Å²) in [6.45, 7) is 10.5. The van der Waals surface area contributed by atoms with E-state index < -0.39 is 10.0 Å². The van der Waals surface area contributed by atoms with Gasteiger partial charge in [0.2, 0.25) is 15.9 Å². The molecule has 2 heterocycles. The fraction of sp³-hybridized carbons (Fsp3) is 0. The first-order chi connectivity index (χ1) is 9.29. The summed E-state index contributed by atoms with van der Waals surface area (Å²) < 4.78 is 29.2. The van der Waals surface area contributed by atoms with Crippen LogP contribution in [0.5, 0.6) is 5.88 Å². The SMILES string of the molecule is C=C(Oc1ccc2nccn2n1)C(=C)C(=C)S(N)(=O)=O.Cl. The number of sulfonamides is 1. The van der Waals surface area contributed by atoms with Gasteiger partial charge in [-0.05, 0) is 6.07 Å². The molecule has 2 N–H and O–H groups in total. The van der Waals surface area contributed by atoms with E-state index in [-0.39, 0.29) is 34.5 Å². The third-order valence-corrected chi connectivity index (χ3v) is 3.41. The second-order valence-electron chi connectivity index (χ2n) is 3.87. The van der Waals surface area contributed by atoms with Crippen molar-refractivity contribution < 1.29 is 13.2 Å². The second kappa shape index (κ2) is 6.08. The number of hydrogen-bond acceptors (Lipinski definition) is 5. The molecule has 0 aliphatic carbocycles. The average Bonchev–Trinajstić information content (AvgIpc) is 2.83. The van der Waals surface area contributed by atoms with Crippen LogP contribution in [0.1, 0.15) is 0 Å². The fourth-order valence-corrected chi connectivity index (χ4v) is 1.82. The van der Waals surface area contributed by atoms with Gasteiger partial charge in [-0.1, -0.05) is 19.7 Å². The van der Waals surface area contributed by atoms with Crippen molar-refractivity contribution in [2.24, 2.45) is 5.14 Å². The Hall–Kier alpha value is -2.16. The number of fused-ring (bicyclic) bond motifs is 1. The fourth-order valence-electron chi connectivity index (χ4n) is 1.37. The Kier molecular flexibility index (Phi) is 4.89. The highest BCUT2D eigenvalue weighted by molar-refractivity contribution is 7.93. The minimum atomic E-state index is -3.94. The van der Waals surface area contributed by atoms with Crippen molar-refractivity contribution in [1.29, 1.82) is 0 Å². The van der Waals surface area contributed by atoms with Gasteiger partial charge in [0.25, 0.3) is 0 Å². The van der Waals surface area contributed by atoms with E-state index in [0.717, 1.165) is 0 Å². The molecule has 0 amide bonds. The van der Waals surface area contributed by atoms with Crippen molar-refractivity contribution in [3.63, 3.8) is 0 Å². The Bertz CT molecular complexity index is 826. The number of nitrogens with two attached hydrogens (primary N) is 1. The summed E-state index contributed by atoms with van der Waals surface area (Å²) in [6, 6.07) is 3.26. The number of aromatic nitrogens is 3.